The molecule has 0 radical (unpaired) electrons. The van der Waals surface area contributed by atoms with Gasteiger partial charge in [-0.05, 0) is 43.0 Å². The van der Waals surface area contributed by atoms with Gasteiger partial charge in [0.2, 0.25) is 5.91 Å². The lowest BCUT2D eigenvalue weighted by Crippen LogP contribution is -2.48. The molecule has 2 atom stereocenters. The predicted octanol–water partition coefficient (Wildman–Crippen LogP) is 1.79. The van der Waals surface area contributed by atoms with Crippen molar-refractivity contribution < 1.29 is 9.90 Å². The summed E-state index contributed by atoms with van der Waals surface area (Å²) in [5, 5.41) is 15.4. The lowest BCUT2D eigenvalue weighted by Gasteiger charge is -2.28. The normalized spacial score (nSPS) is 23.0. The topological polar surface area (TPSA) is 61.4 Å². The molecule has 1 saturated heterocycles. The highest BCUT2D eigenvalue weighted by atomic mass is 16.3. The third kappa shape index (κ3) is 3.96. The van der Waals surface area contributed by atoms with Crippen molar-refractivity contribution in [3.8, 4) is 5.75 Å². The number of nitrogens with one attached hydrogen (secondary N) is 2. The van der Waals surface area contributed by atoms with Crippen LogP contribution in [-0.4, -0.2) is 23.6 Å². The predicted molar refractivity (Wildman–Crippen MR) is 74.8 cm³/mol. The van der Waals surface area contributed by atoms with E-state index in [2.05, 4.69) is 17.6 Å². The summed E-state index contributed by atoms with van der Waals surface area (Å²) in [7, 11) is 0. The van der Waals surface area contributed by atoms with Crippen molar-refractivity contribution in [2.24, 2.45) is 5.92 Å². The molecule has 4 nitrogen and oxygen atoms in total. The Hall–Kier alpha value is -1.55. The second-order valence-corrected chi connectivity index (χ2v) is 5.19. The summed E-state index contributed by atoms with van der Waals surface area (Å²) in [5.74, 6) is 0.978. The molecule has 1 aromatic rings. The molecule has 104 valence electrons. The van der Waals surface area contributed by atoms with Crippen LogP contribution in [0.3, 0.4) is 0 Å². The maximum Gasteiger partial charge on any atom is 0.237 e. The minimum atomic E-state index is -0.0594. The number of phenolic OH excluding ortho intramolecular Hbond substituents is 1. The average Bonchev–Trinajstić information content (AvgIpc) is 2.46. The number of phenols is 1. The zero-order chi connectivity index (χ0) is 13.7. The second-order valence-electron chi connectivity index (χ2n) is 5.19. The molecule has 1 amide bonds. The van der Waals surface area contributed by atoms with Gasteiger partial charge in [-0.3, -0.25) is 4.79 Å². The molecule has 1 aliphatic rings. The van der Waals surface area contributed by atoms with Crippen LogP contribution >= 0.6 is 0 Å². The Morgan fingerprint density at radius 3 is 2.84 bits per heavy atom. The fourth-order valence-electron chi connectivity index (χ4n) is 2.49. The van der Waals surface area contributed by atoms with Crippen molar-refractivity contribution in [1.29, 1.82) is 0 Å². The largest absolute Gasteiger partial charge is 0.508 e. The highest BCUT2D eigenvalue weighted by molar-refractivity contribution is 5.81. The first-order chi connectivity index (χ1) is 9.19. The third-order valence-electron chi connectivity index (χ3n) is 3.81. The van der Waals surface area contributed by atoms with Gasteiger partial charge in [0.05, 0.1) is 6.04 Å². The van der Waals surface area contributed by atoms with E-state index in [4.69, 9.17) is 0 Å². The molecular weight excluding hydrogens is 240 g/mol. The van der Waals surface area contributed by atoms with Crippen molar-refractivity contribution in [2.45, 2.75) is 38.8 Å². The van der Waals surface area contributed by atoms with Gasteiger partial charge >= 0.3 is 0 Å². The average molecular weight is 262 g/mol. The summed E-state index contributed by atoms with van der Waals surface area (Å²) >= 11 is 0. The Morgan fingerprint density at radius 2 is 2.16 bits per heavy atom. The maximum atomic E-state index is 12.1. The van der Waals surface area contributed by atoms with E-state index in [1.807, 2.05) is 12.1 Å². The molecule has 4 heteroatoms. The Balaban J connectivity index is 1.82. The lowest BCUT2D eigenvalue weighted by atomic mass is 9.90. The molecule has 1 heterocycles. The van der Waals surface area contributed by atoms with Crippen molar-refractivity contribution in [2.75, 3.05) is 6.54 Å². The minimum Gasteiger partial charge on any atom is -0.508 e. The first-order valence-corrected chi connectivity index (χ1v) is 6.98. The number of hydrogen-bond donors (Lipinski definition) is 3. The van der Waals surface area contributed by atoms with E-state index in [0.29, 0.717) is 12.5 Å². The number of amides is 1. The molecule has 2 unspecified atom stereocenters. The Kier molecular flexibility index (Phi) is 4.80. The first kappa shape index (κ1) is 13.9. The van der Waals surface area contributed by atoms with Gasteiger partial charge in [-0.15, -0.1) is 0 Å². The quantitative estimate of drug-likeness (QED) is 0.775. The molecule has 2 rings (SSSR count). The highest BCUT2D eigenvalue weighted by Crippen LogP contribution is 2.19. The molecule has 0 spiro atoms. The van der Waals surface area contributed by atoms with E-state index in [-0.39, 0.29) is 17.7 Å². The van der Waals surface area contributed by atoms with Crippen LogP contribution in [0.4, 0.5) is 0 Å². The SMILES string of the molecule is CCC1CCNC(C(=O)NCc2ccc(O)cc2)C1. The van der Waals surface area contributed by atoms with Crippen LogP contribution in [0.1, 0.15) is 31.7 Å². The Bertz CT molecular complexity index is 417. The molecule has 19 heavy (non-hydrogen) atoms. The van der Waals surface area contributed by atoms with E-state index >= 15 is 0 Å². The molecule has 1 aliphatic heterocycles. The molecule has 0 aliphatic carbocycles. The monoisotopic (exact) mass is 262 g/mol. The summed E-state index contributed by atoms with van der Waals surface area (Å²) in [6.07, 6.45) is 3.24. The fourth-order valence-corrected chi connectivity index (χ4v) is 2.49. The van der Waals surface area contributed by atoms with Crippen molar-refractivity contribution in [1.82, 2.24) is 10.6 Å². The van der Waals surface area contributed by atoms with E-state index < -0.39 is 0 Å². The molecule has 3 N–H and O–H groups in total. The smallest absolute Gasteiger partial charge is 0.237 e. The van der Waals surface area contributed by atoms with Gasteiger partial charge in [0.25, 0.3) is 0 Å². The standard InChI is InChI=1S/C15H22N2O2/c1-2-11-7-8-16-14(9-11)15(19)17-10-12-3-5-13(18)6-4-12/h3-6,11,14,16,18H,2,7-10H2,1H3,(H,17,19). The zero-order valence-electron chi connectivity index (χ0n) is 11.4. The number of rotatable bonds is 4. The molecule has 0 saturated carbocycles. The summed E-state index contributed by atoms with van der Waals surface area (Å²) < 4.78 is 0. The van der Waals surface area contributed by atoms with Crippen LogP contribution < -0.4 is 10.6 Å². The van der Waals surface area contributed by atoms with Gasteiger partial charge in [-0.2, -0.15) is 0 Å². The van der Waals surface area contributed by atoms with E-state index in [1.165, 1.54) is 0 Å². The fraction of sp³-hybridized carbons (Fsp3) is 0.533. The van der Waals surface area contributed by atoms with Gasteiger partial charge in [0.15, 0.2) is 0 Å². The molecule has 1 fully saturated rings. The van der Waals surface area contributed by atoms with Crippen LogP contribution in [0, 0.1) is 5.92 Å². The van der Waals surface area contributed by atoms with Crippen molar-refractivity contribution >= 4 is 5.91 Å². The summed E-state index contributed by atoms with van der Waals surface area (Å²) in [5.41, 5.74) is 0.994. The number of carbonyl (C=O) groups is 1. The zero-order valence-corrected chi connectivity index (χ0v) is 11.4. The summed E-state index contributed by atoms with van der Waals surface area (Å²) in [6.45, 7) is 3.62. The molecule has 0 bridgehead atoms. The Labute approximate surface area is 114 Å². The lowest BCUT2D eigenvalue weighted by molar-refractivity contribution is -0.124. The number of piperidine rings is 1. The first-order valence-electron chi connectivity index (χ1n) is 6.98. The van der Waals surface area contributed by atoms with Crippen LogP contribution in [0.5, 0.6) is 5.75 Å². The highest BCUT2D eigenvalue weighted by Gasteiger charge is 2.25. The maximum absolute atomic E-state index is 12.1. The number of carbonyl (C=O) groups excluding carboxylic acids is 1. The molecule has 1 aromatic carbocycles. The number of aromatic hydroxyl groups is 1. The van der Waals surface area contributed by atoms with Crippen LogP contribution in [0.15, 0.2) is 24.3 Å². The van der Waals surface area contributed by atoms with E-state index in [1.54, 1.807) is 12.1 Å². The van der Waals surface area contributed by atoms with Crippen molar-refractivity contribution in [3.63, 3.8) is 0 Å². The molecule has 0 aromatic heterocycles. The minimum absolute atomic E-state index is 0.0594. The van der Waals surface area contributed by atoms with Gasteiger partial charge in [0, 0.05) is 6.54 Å². The van der Waals surface area contributed by atoms with Crippen LogP contribution in [-0.2, 0) is 11.3 Å². The van der Waals surface area contributed by atoms with Gasteiger partial charge < -0.3 is 15.7 Å². The van der Waals surface area contributed by atoms with E-state index in [0.717, 1.165) is 31.4 Å². The van der Waals surface area contributed by atoms with Crippen molar-refractivity contribution in [3.05, 3.63) is 29.8 Å². The summed E-state index contributed by atoms with van der Waals surface area (Å²) in [4.78, 5) is 12.1. The van der Waals surface area contributed by atoms with Crippen LogP contribution in [0.2, 0.25) is 0 Å². The van der Waals surface area contributed by atoms with Crippen LogP contribution in [0.25, 0.3) is 0 Å². The Morgan fingerprint density at radius 1 is 1.42 bits per heavy atom. The third-order valence-corrected chi connectivity index (χ3v) is 3.81. The second kappa shape index (κ2) is 6.57. The summed E-state index contributed by atoms with van der Waals surface area (Å²) in [6, 6.07) is 6.84. The number of hydrogen-bond acceptors (Lipinski definition) is 3. The van der Waals surface area contributed by atoms with Gasteiger partial charge in [0.1, 0.15) is 5.75 Å². The number of benzene rings is 1. The van der Waals surface area contributed by atoms with E-state index in [9.17, 15) is 9.90 Å². The van der Waals surface area contributed by atoms with Gasteiger partial charge in [-0.1, -0.05) is 25.5 Å². The van der Waals surface area contributed by atoms with Gasteiger partial charge in [-0.25, -0.2) is 0 Å². The molecular formula is C15H22N2O2.